The van der Waals surface area contributed by atoms with Crippen molar-refractivity contribution in [2.45, 2.75) is 25.9 Å². The van der Waals surface area contributed by atoms with Gasteiger partial charge in [-0.25, -0.2) is 0 Å². The van der Waals surface area contributed by atoms with E-state index in [1.54, 1.807) is 25.6 Å². The number of ether oxygens (including phenoxy) is 2. The summed E-state index contributed by atoms with van der Waals surface area (Å²) >= 11 is 1.72. The van der Waals surface area contributed by atoms with E-state index in [0.29, 0.717) is 6.04 Å². The van der Waals surface area contributed by atoms with Crippen molar-refractivity contribution >= 4 is 11.3 Å². The van der Waals surface area contributed by atoms with Crippen molar-refractivity contribution in [3.05, 3.63) is 46.2 Å². The molecule has 2 unspecified atom stereocenters. The number of methoxy groups -OCH3 is 2. The zero-order valence-electron chi connectivity index (χ0n) is 12.3. The molecule has 0 saturated carbocycles. The minimum absolute atomic E-state index is 0.200. The Labute approximate surface area is 124 Å². The molecule has 0 aliphatic rings. The normalized spacial score (nSPS) is 13.8. The average molecular weight is 291 g/mol. The Balaban J connectivity index is 2.14. The van der Waals surface area contributed by atoms with E-state index in [1.807, 2.05) is 12.1 Å². The molecule has 0 saturated heterocycles. The van der Waals surface area contributed by atoms with Crippen LogP contribution in [0.1, 0.15) is 37.1 Å². The summed E-state index contributed by atoms with van der Waals surface area (Å²) in [6.07, 6.45) is 0. The van der Waals surface area contributed by atoms with Gasteiger partial charge in [0, 0.05) is 23.7 Å². The zero-order chi connectivity index (χ0) is 14.5. The van der Waals surface area contributed by atoms with Crippen LogP contribution in [0.3, 0.4) is 0 Å². The summed E-state index contributed by atoms with van der Waals surface area (Å²) in [5.74, 6) is 1.66. The highest BCUT2D eigenvalue weighted by atomic mass is 32.1. The summed E-state index contributed by atoms with van der Waals surface area (Å²) in [6, 6.07) is 8.60. The summed E-state index contributed by atoms with van der Waals surface area (Å²) in [4.78, 5) is 0. The van der Waals surface area contributed by atoms with Crippen LogP contribution in [0.15, 0.2) is 35.0 Å². The first-order chi connectivity index (χ1) is 9.65. The topological polar surface area (TPSA) is 30.5 Å². The zero-order valence-corrected chi connectivity index (χ0v) is 13.2. The van der Waals surface area contributed by atoms with Gasteiger partial charge in [-0.05, 0) is 42.3 Å². The fourth-order valence-electron chi connectivity index (χ4n) is 2.26. The number of benzene rings is 1. The third-order valence-corrected chi connectivity index (χ3v) is 4.15. The molecule has 20 heavy (non-hydrogen) atoms. The van der Waals surface area contributed by atoms with E-state index in [4.69, 9.17) is 9.47 Å². The lowest BCUT2D eigenvalue weighted by molar-refractivity contribution is 0.383. The SMILES string of the molecule is COc1ccc(C(C)NC(C)c2ccsc2)c(OC)c1. The second kappa shape index (κ2) is 6.77. The molecule has 2 aromatic rings. The van der Waals surface area contributed by atoms with Crippen LogP contribution in [0.4, 0.5) is 0 Å². The Morgan fingerprint density at radius 1 is 1.05 bits per heavy atom. The predicted molar refractivity (Wildman–Crippen MR) is 83.8 cm³/mol. The van der Waals surface area contributed by atoms with Crippen molar-refractivity contribution in [3.63, 3.8) is 0 Å². The van der Waals surface area contributed by atoms with Gasteiger partial charge >= 0.3 is 0 Å². The molecule has 1 N–H and O–H groups in total. The maximum atomic E-state index is 5.46. The van der Waals surface area contributed by atoms with Crippen molar-refractivity contribution in [3.8, 4) is 11.5 Å². The highest BCUT2D eigenvalue weighted by molar-refractivity contribution is 7.07. The first-order valence-corrected chi connectivity index (χ1v) is 7.60. The molecular formula is C16H21NO2S. The Hall–Kier alpha value is -1.52. The number of hydrogen-bond donors (Lipinski definition) is 1. The molecule has 4 heteroatoms. The van der Waals surface area contributed by atoms with Crippen LogP contribution in [0.5, 0.6) is 11.5 Å². The number of nitrogens with one attached hydrogen (secondary N) is 1. The predicted octanol–water partition coefficient (Wildman–Crippen LogP) is 4.18. The van der Waals surface area contributed by atoms with Gasteiger partial charge in [-0.2, -0.15) is 11.3 Å². The fourth-order valence-corrected chi connectivity index (χ4v) is 3.01. The lowest BCUT2D eigenvalue weighted by atomic mass is 10.0. The van der Waals surface area contributed by atoms with Crippen molar-refractivity contribution in [1.82, 2.24) is 5.32 Å². The van der Waals surface area contributed by atoms with E-state index in [2.05, 4.69) is 42.1 Å². The van der Waals surface area contributed by atoms with Gasteiger partial charge < -0.3 is 14.8 Å². The van der Waals surface area contributed by atoms with E-state index < -0.39 is 0 Å². The summed E-state index contributed by atoms with van der Waals surface area (Å²) < 4.78 is 10.7. The molecule has 1 heterocycles. The molecule has 1 aromatic heterocycles. The van der Waals surface area contributed by atoms with Gasteiger partial charge in [-0.1, -0.05) is 6.07 Å². The first kappa shape index (κ1) is 14.9. The van der Waals surface area contributed by atoms with Gasteiger partial charge in [-0.15, -0.1) is 0 Å². The molecule has 1 aromatic carbocycles. The third kappa shape index (κ3) is 3.32. The Morgan fingerprint density at radius 2 is 1.85 bits per heavy atom. The van der Waals surface area contributed by atoms with Gasteiger partial charge in [0.2, 0.25) is 0 Å². The number of thiophene rings is 1. The largest absolute Gasteiger partial charge is 0.497 e. The smallest absolute Gasteiger partial charge is 0.127 e. The summed E-state index contributed by atoms with van der Waals surface area (Å²) in [6.45, 7) is 4.32. The van der Waals surface area contributed by atoms with Crippen LogP contribution in [0.25, 0.3) is 0 Å². The molecule has 3 nitrogen and oxygen atoms in total. The van der Waals surface area contributed by atoms with Gasteiger partial charge in [0.1, 0.15) is 11.5 Å². The molecule has 0 radical (unpaired) electrons. The van der Waals surface area contributed by atoms with Crippen LogP contribution >= 0.6 is 11.3 Å². The summed E-state index contributed by atoms with van der Waals surface area (Å²) in [7, 11) is 3.35. The van der Waals surface area contributed by atoms with Crippen molar-refractivity contribution in [2.24, 2.45) is 0 Å². The lowest BCUT2D eigenvalue weighted by Crippen LogP contribution is -2.22. The van der Waals surface area contributed by atoms with Crippen molar-refractivity contribution in [1.29, 1.82) is 0 Å². The second-order valence-electron chi connectivity index (χ2n) is 4.77. The quantitative estimate of drug-likeness (QED) is 0.866. The molecule has 0 fully saturated rings. The molecule has 0 spiro atoms. The maximum Gasteiger partial charge on any atom is 0.127 e. The van der Waals surface area contributed by atoms with Crippen LogP contribution in [-0.4, -0.2) is 14.2 Å². The molecule has 108 valence electrons. The van der Waals surface area contributed by atoms with E-state index in [0.717, 1.165) is 17.1 Å². The Kier molecular flexibility index (Phi) is 5.04. The molecule has 0 bridgehead atoms. The molecular weight excluding hydrogens is 270 g/mol. The van der Waals surface area contributed by atoms with Gasteiger partial charge in [0.15, 0.2) is 0 Å². The highest BCUT2D eigenvalue weighted by Crippen LogP contribution is 2.30. The van der Waals surface area contributed by atoms with Crippen LogP contribution in [0.2, 0.25) is 0 Å². The van der Waals surface area contributed by atoms with Crippen LogP contribution < -0.4 is 14.8 Å². The lowest BCUT2D eigenvalue weighted by Gasteiger charge is -2.22. The molecule has 0 amide bonds. The number of rotatable bonds is 6. The fraction of sp³-hybridized carbons (Fsp3) is 0.375. The third-order valence-electron chi connectivity index (χ3n) is 3.45. The van der Waals surface area contributed by atoms with Crippen molar-refractivity contribution in [2.75, 3.05) is 14.2 Å². The summed E-state index contributed by atoms with van der Waals surface area (Å²) in [5, 5.41) is 7.88. The summed E-state index contributed by atoms with van der Waals surface area (Å²) in [5.41, 5.74) is 2.45. The molecule has 2 atom stereocenters. The minimum Gasteiger partial charge on any atom is -0.497 e. The Morgan fingerprint density at radius 3 is 2.45 bits per heavy atom. The van der Waals surface area contributed by atoms with E-state index in [9.17, 15) is 0 Å². The minimum atomic E-state index is 0.200. The van der Waals surface area contributed by atoms with E-state index in [1.165, 1.54) is 5.56 Å². The van der Waals surface area contributed by atoms with Crippen molar-refractivity contribution < 1.29 is 9.47 Å². The van der Waals surface area contributed by atoms with Crippen LogP contribution in [-0.2, 0) is 0 Å². The molecule has 0 aliphatic heterocycles. The highest BCUT2D eigenvalue weighted by Gasteiger charge is 2.15. The Bertz CT molecular complexity index is 539. The van der Waals surface area contributed by atoms with Gasteiger partial charge in [-0.3, -0.25) is 0 Å². The second-order valence-corrected chi connectivity index (χ2v) is 5.55. The standard InChI is InChI=1S/C16H21NO2S/c1-11(13-7-8-20-10-13)17-12(2)15-6-5-14(18-3)9-16(15)19-4/h5-12,17H,1-4H3. The van der Waals surface area contributed by atoms with E-state index in [-0.39, 0.29) is 6.04 Å². The van der Waals surface area contributed by atoms with Crippen LogP contribution in [0, 0.1) is 0 Å². The first-order valence-electron chi connectivity index (χ1n) is 6.65. The van der Waals surface area contributed by atoms with Gasteiger partial charge in [0.05, 0.1) is 14.2 Å². The maximum absolute atomic E-state index is 5.46. The monoisotopic (exact) mass is 291 g/mol. The van der Waals surface area contributed by atoms with E-state index >= 15 is 0 Å². The number of hydrogen-bond acceptors (Lipinski definition) is 4. The molecule has 0 aliphatic carbocycles. The molecule has 2 rings (SSSR count). The van der Waals surface area contributed by atoms with Gasteiger partial charge in [0.25, 0.3) is 0 Å². The average Bonchev–Trinajstić information content (AvgIpc) is 3.00.